The molecule has 1 saturated carbocycles. The quantitative estimate of drug-likeness (QED) is 0.651. The lowest BCUT2D eigenvalue weighted by Crippen LogP contribution is -2.45. The van der Waals surface area contributed by atoms with E-state index >= 15 is 0 Å². The lowest BCUT2D eigenvalue weighted by molar-refractivity contribution is 0.0340. The highest BCUT2D eigenvalue weighted by atomic mass is 16.3. The maximum Gasteiger partial charge on any atom is 0.0695 e. The zero-order valence-electron chi connectivity index (χ0n) is 9.12. The van der Waals surface area contributed by atoms with Gasteiger partial charge in [-0.3, -0.25) is 4.90 Å². The van der Waals surface area contributed by atoms with Gasteiger partial charge in [0.25, 0.3) is 0 Å². The average molecular weight is 197 g/mol. The average Bonchev–Trinajstić information content (AvgIpc) is 2.44. The fourth-order valence-electron chi connectivity index (χ4n) is 2.94. The molecule has 0 bridgehead atoms. The Morgan fingerprint density at radius 3 is 2.21 bits per heavy atom. The monoisotopic (exact) mass is 197 g/mol. The summed E-state index contributed by atoms with van der Waals surface area (Å²) in [7, 11) is 0. The van der Waals surface area contributed by atoms with Gasteiger partial charge in [0.05, 0.1) is 6.10 Å². The maximum atomic E-state index is 10.1. The topological polar surface area (TPSA) is 23.5 Å². The number of nitrogens with zero attached hydrogens (tertiary/aromatic N) is 1. The van der Waals surface area contributed by atoms with Crippen LogP contribution in [0, 0.1) is 0 Å². The second-order valence-corrected chi connectivity index (χ2v) is 4.87. The first kappa shape index (κ1) is 10.4. The Kier molecular flexibility index (Phi) is 3.82. The van der Waals surface area contributed by atoms with Crippen molar-refractivity contribution in [3.05, 3.63) is 0 Å². The minimum Gasteiger partial charge on any atom is -0.391 e. The first-order chi connectivity index (χ1) is 6.88. The Bertz CT molecular complexity index is 166. The van der Waals surface area contributed by atoms with E-state index in [0.29, 0.717) is 6.04 Å². The third-order valence-corrected chi connectivity index (χ3v) is 3.80. The Labute approximate surface area is 87.3 Å². The molecule has 0 radical (unpaired) electrons. The van der Waals surface area contributed by atoms with Gasteiger partial charge in [0, 0.05) is 6.04 Å². The highest BCUT2D eigenvalue weighted by molar-refractivity contribution is 4.83. The summed E-state index contributed by atoms with van der Waals surface area (Å²) in [4.78, 5) is 2.54. The van der Waals surface area contributed by atoms with Crippen molar-refractivity contribution in [3.8, 4) is 0 Å². The van der Waals surface area contributed by atoms with Crippen molar-refractivity contribution in [2.75, 3.05) is 13.1 Å². The van der Waals surface area contributed by atoms with Gasteiger partial charge in [-0.15, -0.1) is 0 Å². The van der Waals surface area contributed by atoms with Gasteiger partial charge in [-0.05, 0) is 38.8 Å². The Morgan fingerprint density at radius 1 is 0.786 bits per heavy atom. The number of piperidine rings is 1. The van der Waals surface area contributed by atoms with Crippen molar-refractivity contribution in [1.29, 1.82) is 0 Å². The summed E-state index contributed by atoms with van der Waals surface area (Å²) >= 11 is 0. The molecule has 0 aromatic heterocycles. The van der Waals surface area contributed by atoms with Crippen LogP contribution in [-0.4, -0.2) is 35.2 Å². The molecule has 2 atom stereocenters. The summed E-state index contributed by atoms with van der Waals surface area (Å²) in [6.07, 6.45) is 10.1. The van der Waals surface area contributed by atoms with E-state index < -0.39 is 0 Å². The molecular formula is C12H23NO. The molecule has 2 nitrogen and oxygen atoms in total. The van der Waals surface area contributed by atoms with E-state index in [-0.39, 0.29) is 6.10 Å². The van der Waals surface area contributed by atoms with Crippen molar-refractivity contribution in [3.63, 3.8) is 0 Å². The van der Waals surface area contributed by atoms with Crippen molar-refractivity contribution < 1.29 is 5.11 Å². The van der Waals surface area contributed by atoms with Crippen LogP contribution in [0.1, 0.15) is 51.4 Å². The van der Waals surface area contributed by atoms with Crippen LogP contribution in [0.15, 0.2) is 0 Å². The molecule has 1 saturated heterocycles. The largest absolute Gasteiger partial charge is 0.391 e. The van der Waals surface area contributed by atoms with E-state index in [2.05, 4.69) is 4.90 Å². The molecule has 0 amide bonds. The van der Waals surface area contributed by atoms with Gasteiger partial charge in [-0.25, -0.2) is 0 Å². The van der Waals surface area contributed by atoms with Gasteiger partial charge in [-0.2, -0.15) is 0 Å². The lowest BCUT2D eigenvalue weighted by atomic mass is 10.0. The predicted molar refractivity (Wildman–Crippen MR) is 58.3 cm³/mol. The predicted octanol–water partition coefficient (Wildman–Crippen LogP) is 2.17. The molecule has 2 rings (SSSR count). The van der Waals surface area contributed by atoms with Gasteiger partial charge in [0.1, 0.15) is 0 Å². The molecule has 0 aromatic rings. The molecule has 1 aliphatic carbocycles. The van der Waals surface area contributed by atoms with Crippen LogP contribution in [0.4, 0.5) is 0 Å². The standard InChI is InChI=1S/C12H23NO/c14-12-8-4-1-3-7-11(12)13-9-5-2-6-10-13/h11-12,14H,1-10H2/t11-,12-/m0/s1. The van der Waals surface area contributed by atoms with Crippen LogP contribution in [0.3, 0.4) is 0 Å². The highest BCUT2D eigenvalue weighted by Gasteiger charge is 2.27. The fraction of sp³-hybridized carbons (Fsp3) is 1.00. The fourth-order valence-corrected chi connectivity index (χ4v) is 2.94. The summed E-state index contributed by atoms with van der Waals surface area (Å²) in [6, 6.07) is 0.484. The van der Waals surface area contributed by atoms with Crippen LogP contribution in [-0.2, 0) is 0 Å². The second kappa shape index (κ2) is 5.13. The van der Waals surface area contributed by atoms with E-state index in [9.17, 15) is 5.11 Å². The second-order valence-electron chi connectivity index (χ2n) is 4.87. The van der Waals surface area contributed by atoms with Gasteiger partial charge in [-0.1, -0.05) is 25.7 Å². The zero-order chi connectivity index (χ0) is 9.80. The van der Waals surface area contributed by atoms with E-state index in [1.54, 1.807) is 0 Å². The maximum absolute atomic E-state index is 10.1. The molecule has 0 spiro atoms. The van der Waals surface area contributed by atoms with Crippen molar-refractivity contribution in [1.82, 2.24) is 4.90 Å². The summed E-state index contributed by atoms with van der Waals surface area (Å²) in [5.74, 6) is 0. The van der Waals surface area contributed by atoms with Crippen molar-refractivity contribution in [2.24, 2.45) is 0 Å². The molecule has 2 heteroatoms. The number of likely N-dealkylation sites (tertiary alicyclic amines) is 1. The van der Waals surface area contributed by atoms with Crippen LogP contribution in [0.2, 0.25) is 0 Å². The first-order valence-corrected chi connectivity index (χ1v) is 6.30. The Balaban J connectivity index is 1.91. The number of hydrogen-bond donors (Lipinski definition) is 1. The minimum atomic E-state index is -0.0457. The number of hydrogen-bond acceptors (Lipinski definition) is 2. The minimum absolute atomic E-state index is 0.0457. The summed E-state index contributed by atoms with van der Waals surface area (Å²) in [6.45, 7) is 2.45. The van der Waals surface area contributed by atoms with Gasteiger partial charge < -0.3 is 5.11 Å². The SMILES string of the molecule is O[C@H]1CCCCC[C@@H]1N1CCCCC1. The Hall–Kier alpha value is -0.0800. The molecule has 2 fully saturated rings. The molecule has 0 aromatic carbocycles. The molecule has 1 N–H and O–H groups in total. The van der Waals surface area contributed by atoms with Crippen molar-refractivity contribution >= 4 is 0 Å². The lowest BCUT2D eigenvalue weighted by Gasteiger charge is -2.36. The molecular weight excluding hydrogens is 174 g/mol. The highest BCUT2D eigenvalue weighted by Crippen LogP contribution is 2.24. The van der Waals surface area contributed by atoms with Gasteiger partial charge in [0.2, 0.25) is 0 Å². The molecule has 14 heavy (non-hydrogen) atoms. The van der Waals surface area contributed by atoms with E-state index in [0.717, 1.165) is 6.42 Å². The van der Waals surface area contributed by atoms with Crippen molar-refractivity contribution in [2.45, 2.75) is 63.5 Å². The molecule has 82 valence electrons. The number of aliphatic hydroxyl groups is 1. The van der Waals surface area contributed by atoms with Crippen LogP contribution in [0.25, 0.3) is 0 Å². The Morgan fingerprint density at radius 2 is 1.43 bits per heavy atom. The molecule has 1 aliphatic heterocycles. The van der Waals surface area contributed by atoms with Gasteiger partial charge in [0.15, 0.2) is 0 Å². The van der Waals surface area contributed by atoms with E-state index in [4.69, 9.17) is 0 Å². The summed E-state index contributed by atoms with van der Waals surface area (Å²) in [5.41, 5.74) is 0. The first-order valence-electron chi connectivity index (χ1n) is 6.30. The third kappa shape index (κ3) is 2.48. The smallest absolute Gasteiger partial charge is 0.0695 e. The molecule has 0 unspecified atom stereocenters. The molecule has 1 heterocycles. The van der Waals surface area contributed by atoms with Crippen LogP contribution in [0.5, 0.6) is 0 Å². The van der Waals surface area contributed by atoms with E-state index in [1.165, 1.54) is 58.0 Å². The normalized spacial score (nSPS) is 36.6. The zero-order valence-corrected chi connectivity index (χ0v) is 9.12. The number of rotatable bonds is 1. The molecule has 2 aliphatic rings. The number of aliphatic hydroxyl groups excluding tert-OH is 1. The van der Waals surface area contributed by atoms with Gasteiger partial charge >= 0.3 is 0 Å². The summed E-state index contributed by atoms with van der Waals surface area (Å²) < 4.78 is 0. The van der Waals surface area contributed by atoms with Crippen LogP contribution >= 0.6 is 0 Å². The van der Waals surface area contributed by atoms with E-state index in [1.807, 2.05) is 0 Å². The third-order valence-electron chi connectivity index (χ3n) is 3.80. The van der Waals surface area contributed by atoms with Crippen LogP contribution < -0.4 is 0 Å². The summed E-state index contributed by atoms with van der Waals surface area (Å²) in [5, 5.41) is 10.1.